The van der Waals surface area contributed by atoms with Crippen LogP contribution >= 0.6 is 32.9 Å². The van der Waals surface area contributed by atoms with Crippen LogP contribution in [0.2, 0.25) is 0 Å². The Morgan fingerprint density at radius 2 is 1.93 bits per heavy atom. The van der Waals surface area contributed by atoms with E-state index in [0.717, 1.165) is 4.67 Å². The topological polar surface area (TPSA) is 12.4 Å². The van der Waals surface area contributed by atoms with Gasteiger partial charge in [0.1, 0.15) is 9.66 Å². The third kappa shape index (κ3) is 2.81. The van der Waals surface area contributed by atoms with Gasteiger partial charge >= 0.3 is 0 Å². The quantitative estimate of drug-likeness (QED) is 0.556. The molecule has 0 bridgehead atoms. The monoisotopic (exact) mass is 251 g/mol. The zero-order valence-corrected chi connectivity index (χ0v) is 10.6. The molecular weight excluding hydrogens is 242 g/mol. The van der Waals surface area contributed by atoms with Crippen LogP contribution < -0.4 is 4.67 Å². The highest BCUT2D eigenvalue weighted by atomic mass is 32.9. The third-order valence-corrected chi connectivity index (χ3v) is 4.19. The predicted molar refractivity (Wildman–Crippen MR) is 71.5 cm³/mol. The molecule has 2 rings (SSSR count). The first-order chi connectivity index (χ1) is 7.25. The summed E-state index contributed by atoms with van der Waals surface area (Å²) in [5, 5.41) is 0. The second kappa shape index (κ2) is 4.79. The minimum Gasteiger partial charge on any atom is -0.230 e. The molecule has 0 saturated carbocycles. The summed E-state index contributed by atoms with van der Waals surface area (Å²) in [5.74, 6) is 0. The summed E-state index contributed by atoms with van der Waals surface area (Å²) in [6.45, 7) is 1.84. The molecule has 1 aromatic heterocycles. The van der Waals surface area contributed by atoms with Crippen LogP contribution in [-0.2, 0) is 0 Å². The van der Waals surface area contributed by atoms with Crippen molar-refractivity contribution in [1.29, 1.82) is 0 Å². The van der Waals surface area contributed by atoms with Gasteiger partial charge < -0.3 is 0 Å². The fraction of sp³-hybridized carbons (Fsp3) is 0.0909. The molecule has 0 fully saturated rings. The summed E-state index contributed by atoms with van der Waals surface area (Å²) >= 11 is 4.95. The zero-order chi connectivity index (χ0) is 10.7. The van der Waals surface area contributed by atoms with E-state index in [0.29, 0.717) is 4.99 Å². The van der Waals surface area contributed by atoms with E-state index in [2.05, 4.69) is 23.2 Å². The van der Waals surface area contributed by atoms with E-state index in [1.807, 2.05) is 25.1 Å². The van der Waals surface area contributed by atoms with Gasteiger partial charge in [0.25, 0.3) is 0 Å². The molecule has 1 aromatic carbocycles. The Hall–Kier alpha value is -0.840. The molecule has 15 heavy (non-hydrogen) atoms. The van der Waals surface area contributed by atoms with E-state index in [1.54, 1.807) is 20.7 Å². The molecule has 1 nitrogen and oxygen atoms in total. The second-order valence-corrected chi connectivity index (χ2v) is 5.79. The normalized spacial score (nSPS) is 11.7. The first kappa shape index (κ1) is 10.7. The Kier molecular flexibility index (Phi) is 3.41. The van der Waals surface area contributed by atoms with Crippen LogP contribution in [0.5, 0.6) is 0 Å². The number of hydrogen-bond acceptors (Lipinski definition) is 3. The molecule has 76 valence electrons. The van der Waals surface area contributed by atoms with Crippen molar-refractivity contribution in [1.82, 2.24) is 0 Å². The van der Waals surface area contributed by atoms with Crippen LogP contribution in [0.4, 0.5) is 0 Å². The van der Waals surface area contributed by atoms with Crippen LogP contribution in [0.3, 0.4) is 0 Å². The molecule has 1 heterocycles. The molecule has 0 N–H and O–H groups in total. The van der Waals surface area contributed by atoms with Crippen molar-refractivity contribution in [3.05, 3.63) is 41.1 Å². The maximum absolute atomic E-state index is 4.95. The average Bonchev–Trinajstić information content (AvgIpc) is 2.67. The standard InChI is InChI=1S/C11H9NS3/c1-8(13)12-11-7-10(14-15-11)9-5-3-2-4-6-9/h2-7H,1H3. The van der Waals surface area contributed by atoms with Gasteiger partial charge in [0.05, 0.1) is 0 Å². The molecule has 4 heteroatoms. The maximum Gasteiger partial charge on any atom is 0.128 e. The van der Waals surface area contributed by atoms with Gasteiger partial charge in [-0.3, -0.25) is 0 Å². The molecule has 0 aliphatic rings. The summed E-state index contributed by atoms with van der Waals surface area (Å²) < 4.78 is 0.992. The van der Waals surface area contributed by atoms with E-state index in [9.17, 15) is 0 Å². The smallest absolute Gasteiger partial charge is 0.128 e. The summed E-state index contributed by atoms with van der Waals surface area (Å²) in [4.78, 5) is 6.20. The van der Waals surface area contributed by atoms with Crippen molar-refractivity contribution in [2.45, 2.75) is 6.92 Å². The summed E-state index contributed by atoms with van der Waals surface area (Å²) in [6.07, 6.45) is 0. The van der Waals surface area contributed by atoms with E-state index >= 15 is 0 Å². The molecule has 2 aromatic rings. The lowest BCUT2D eigenvalue weighted by Crippen LogP contribution is -1.94. The third-order valence-electron chi connectivity index (χ3n) is 1.80. The lowest BCUT2D eigenvalue weighted by molar-refractivity contribution is 1.52. The Labute approximate surface area is 101 Å². The Bertz CT molecular complexity index is 522. The van der Waals surface area contributed by atoms with Crippen molar-refractivity contribution in [3.8, 4) is 10.4 Å². The van der Waals surface area contributed by atoms with Gasteiger partial charge in [-0.25, -0.2) is 4.99 Å². The van der Waals surface area contributed by atoms with Crippen molar-refractivity contribution in [3.63, 3.8) is 0 Å². The Morgan fingerprint density at radius 3 is 2.60 bits per heavy atom. The van der Waals surface area contributed by atoms with E-state index in [1.165, 1.54) is 10.4 Å². The Morgan fingerprint density at radius 1 is 1.20 bits per heavy atom. The summed E-state index contributed by atoms with van der Waals surface area (Å²) in [7, 11) is 3.39. The largest absolute Gasteiger partial charge is 0.230 e. The zero-order valence-electron chi connectivity index (χ0n) is 8.14. The van der Waals surface area contributed by atoms with E-state index in [4.69, 9.17) is 12.2 Å². The highest BCUT2D eigenvalue weighted by Crippen LogP contribution is 2.24. The first-order valence-corrected chi connectivity index (χ1v) is 7.02. The van der Waals surface area contributed by atoms with Gasteiger partial charge in [-0.15, -0.1) is 0 Å². The molecule has 0 aliphatic heterocycles. The molecule has 0 spiro atoms. The van der Waals surface area contributed by atoms with Gasteiger partial charge in [-0.1, -0.05) is 63.2 Å². The van der Waals surface area contributed by atoms with Gasteiger partial charge in [0.15, 0.2) is 0 Å². The lowest BCUT2D eigenvalue weighted by atomic mass is 10.2. The number of hydrogen-bond donors (Lipinski definition) is 0. The minimum atomic E-state index is 0.684. The predicted octanol–water partition coefficient (Wildman–Crippen LogP) is 3.72. The summed E-state index contributed by atoms with van der Waals surface area (Å²) in [5.41, 5.74) is 1.24. The number of rotatable bonds is 1. The van der Waals surface area contributed by atoms with Gasteiger partial charge in [-0.2, -0.15) is 0 Å². The van der Waals surface area contributed by atoms with Crippen LogP contribution in [0.25, 0.3) is 10.4 Å². The van der Waals surface area contributed by atoms with Crippen LogP contribution in [0, 0.1) is 0 Å². The fourth-order valence-corrected chi connectivity index (χ4v) is 3.54. The average molecular weight is 251 g/mol. The van der Waals surface area contributed by atoms with Crippen LogP contribution in [0.15, 0.2) is 41.4 Å². The number of benzene rings is 1. The minimum absolute atomic E-state index is 0.684. The number of nitrogens with zero attached hydrogens (tertiary/aromatic N) is 1. The van der Waals surface area contributed by atoms with E-state index in [-0.39, 0.29) is 0 Å². The van der Waals surface area contributed by atoms with Crippen LogP contribution in [-0.4, -0.2) is 4.99 Å². The summed E-state index contributed by atoms with van der Waals surface area (Å²) in [6, 6.07) is 12.4. The van der Waals surface area contributed by atoms with Gasteiger partial charge in [0, 0.05) is 4.88 Å². The van der Waals surface area contributed by atoms with Gasteiger partial charge in [0.2, 0.25) is 0 Å². The van der Waals surface area contributed by atoms with Crippen LogP contribution in [0.1, 0.15) is 6.92 Å². The van der Waals surface area contributed by atoms with Crippen molar-refractivity contribution in [2.24, 2.45) is 4.99 Å². The van der Waals surface area contributed by atoms with Gasteiger partial charge in [-0.05, 0) is 18.6 Å². The molecule has 0 amide bonds. The number of thiocarbonyl (C=S) groups is 1. The first-order valence-electron chi connectivity index (χ1n) is 4.46. The van der Waals surface area contributed by atoms with Crippen molar-refractivity contribution >= 4 is 37.9 Å². The molecule has 0 aliphatic carbocycles. The lowest BCUT2D eigenvalue weighted by Gasteiger charge is -1.92. The Balaban J connectivity index is 2.41. The molecule has 0 radical (unpaired) electrons. The molecule has 0 saturated heterocycles. The van der Waals surface area contributed by atoms with Crippen molar-refractivity contribution in [2.75, 3.05) is 0 Å². The highest BCUT2D eigenvalue weighted by molar-refractivity contribution is 7.80. The highest BCUT2D eigenvalue weighted by Gasteiger charge is 1.99. The second-order valence-electron chi connectivity index (χ2n) is 3.01. The molecular formula is C11H9NS3. The molecule has 0 atom stereocenters. The maximum atomic E-state index is 4.95. The van der Waals surface area contributed by atoms with Crippen molar-refractivity contribution < 1.29 is 0 Å². The fourth-order valence-electron chi connectivity index (χ4n) is 1.19. The van der Waals surface area contributed by atoms with E-state index < -0.39 is 0 Å². The molecule has 0 unspecified atom stereocenters. The SMILES string of the molecule is CC(=S)N=c1cc(-c2ccccc2)ss1.